The molecular weight excluding hydrogens is 314 g/mol. The van der Waals surface area contributed by atoms with E-state index in [1.54, 1.807) is 13.8 Å². The Morgan fingerprint density at radius 1 is 1.20 bits per heavy atom. The number of rotatable bonds is 3. The molecule has 1 atom stereocenters. The first-order valence-electron chi connectivity index (χ1n) is 9.19. The minimum Gasteiger partial charge on any atom is -0.340 e. The van der Waals surface area contributed by atoms with Crippen LogP contribution in [0, 0.1) is 5.41 Å². The highest BCUT2D eigenvalue weighted by Crippen LogP contribution is 2.39. The molecule has 0 unspecified atom stereocenters. The van der Waals surface area contributed by atoms with Crippen molar-refractivity contribution in [2.75, 3.05) is 19.6 Å². The molecule has 1 aromatic carbocycles. The van der Waals surface area contributed by atoms with E-state index < -0.39 is 5.54 Å². The van der Waals surface area contributed by atoms with Gasteiger partial charge in [0.2, 0.25) is 11.8 Å². The van der Waals surface area contributed by atoms with Crippen molar-refractivity contribution in [1.82, 2.24) is 9.80 Å². The molecule has 25 heavy (non-hydrogen) atoms. The number of hydrogen-bond acceptors (Lipinski definition) is 3. The van der Waals surface area contributed by atoms with Crippen LogP contribution in [-0.2, 0) is 16.1 Å². The van der Waals surface area contributed by atoms with Gasteiger partial charge >= 0.3 is 0 Å². The van der Waals surface area contributed by atoms with Crippen LogP contribution in [0.3, 0.4) is 0 Å². The first-order chi connectivity index (χ1) is 11.8. The van der Waals surface area contributed by atoms with Crippen LogP contribution < -0.4 is 5.73 Å². The molecule has 0 aromatic heterocycles. The molecule has 5 nitrogen and oxygen atoms in total. The summed E-state index contributed by atoms with van der Waals surface area (Å²) < 4.78 is 0. The van der Waals surface area contributed by atoms with E-state index in [4.69, 9.17) is 5.73 Å². The number of carbonyl (C=O) groups is 2. The predicted molar refractivity (Wildman–Crippen MR) is 97.6 cm³/mol. The number of nitrogens with two attached hydrogens (primary N) is 1. The summed E-state index contributed by atoms with van der Waals surface area (Å²) in [6.45, 7) is 6.40. The fraction of sp³-hybridized carbons (Fsp3) is 0.600. The van der Waals surface area contributed by atoms with Gasteiger partial charge in [0.05, 0.1) is 5.54 Å². The number of benzene rings is 1. The van der Waals surface area contributed by atoms with Crippen LogP contribution in [0.1, 0.15) is 45.1 Å². The Labute approximate surface area is 150 Å². The van der Waals surface area contributed by atoms with E-state index in [-0.39, 0.29) is 17.2 Å². The van der Waals surface area contributed by atoms with Crippen molar-refractivity contribution >= 4 is 11.8 Å². The van der Waals surface area contributed by atoms with Gasteiger partial charge in [0.15, 0.2) is 0 Å². The Balaban J connectivity index is 1.72. The average Bonchev–Trinajstić information content (AvgIpc) is 2.58. The molecule has 2 saturated heterocycles. The minimum absolute atomic E-state index is 0.0121. The summed E-state index contributed by atoms with van der Waals surface area (Å²) in [6.07, 6.45) is 3.49. The summed E-state index contributed by atoms with van der Waals surface area (Å²) in [4.78, 5) is 28.9. The maximum absolute atomic E-state index is 12.6. The van der Waals surface area contributed by atoms with Gasteiger partial charge in [-0.1, -0.05) is 30.3 Å². The maximum atomic E-state index is 12.6. The van der Waals surface area contributed by atoms with E-state index in [0.717, 1.165) is 37.9 Å². The van der Waals surface area contributed by atoms with E-state index in [9.17, 15) is 9.59 Å². The lowest BCUT2D eigenvalue weighted by Crippen LogP contribution is -2.59. The van der Waals surface area contributed by atoms with Crippen LogP contribution in [0.15, 0.2) is 30.3 Å². The van der Waals surface area contributed by atoms with Crippen molar-refractivity contribution in [3.05, 3.63) is 35.9 Å². The van der Waals surface area contributed by atoms with Crippen LogP contribution in [0.25, 0.3) is 0 Å². The third-order valence-electron chi connectivity index (χ3n) is 5.46. The molecule has 0 bridgehead atoms. The van der Waals surface area contributed by atoms with Gasteiger partial charge in [-0.15, -0.1) is 0 Å². The molecule has 5 heteroatoms. The maximum Gasteiger partial charge on any atom is 0.242 e. The predicted octanol–water partition coefficient (Wildman–Crippen LogP) is 2.16. The zero-order valence-electron chi connectivity index (χ0n) is 15.3. The second-order valence-corrected chi connectivity index (χ2v) is 8.29. The van der Waals surface area contributed by atoms with Crippen molar-refractivity contribution in [1.29, 1.82) is 0 Å². The van der Waals surface area contributed by atoms with Gasteiger partial charge < -0.3 is 15.5 Å². The molecule has 2 aliphatic heterocycles. The minimum atomic E-state index is -0.841. The van der Waals surface area contributed by atoms with Crippen LogP contribution >= 0.6 is 0 Å². The lowest BCUT2D eigenvalue weighted by Gasteiger charge is -2.49. The second-order valence-electron chi connectivity index (χ2n) is 8.29. The average molecular weight is 343 g/mol. The summed E-state index contributed by atoms with van der Waals surface area (Å²) in [5, 5.41) is 0. The van der Waals surface area contributed by atoms with Crippen molar-refractivity contribution in [3.63, 3.8) is 0 Å². The standard InChI is InChI=1S/C20H29N3O2/c1-19(2,21)18(25)22-12-6-10-20(14-22)11-9-17(24)23(15-20)13-16-7-4-3-5-8-16/h3-5,7-8H,6,9-15,21H2,1-2H3/t20-/m1/s1. The number of carbonyl (C=O) groups excluding carboxylic acids is 2. The molecular formula is C20H29N3O2. The quantitative estimate of drug-likeness (QED) is 0.914. The van der Waals surface area contributed by atoms with Crippen molar-refractivity contribution in [2.24, 2.45) is 11.1 Å². The number of hydrogen-bond donors (Lipinski definition) is 1. The summed E-state index contributed by atoms with van der Waals surface area (Å²) >= 11 is 0. The zero-order chi connectivity index (χ0) is 18.1. The van der Waals surface area contributed by atoms with Gasteiger partial charge in [-0.2, -0.15) is 0 Å². The smallest absolute Gasteiger partial charge is 0.242 e. The number of piperidine rings is 2. The molecule has 2 fully saturated rings. The van der Waals surface area contributed by atoms with Crippen molar-refractivity contribution < 1.29 is 9.59 Å². The van der Waals surface area contributed by atoms with Gasteiger partial charge in [0.1, 0.15) is 0 Å². The normalized spacial score (nSPS) is 24.7. The lowest BCUT2D eigenvalue weighted by atomic mass is 9.73. The highest BCUT2D eigenvalue weighted by molar-refractivity contribution is 5.85. The van der Waals surface area contributed by atoms with E-state index in [1.807, 2.05) is 28.0 Å². The molecule has 2 aliphatic rings. The molecule has 3 rings (SSSR count). The third-order valence-corrected chi connectivity index (χ3v) is 5.46. The van der Waals surface area contributed by atoms with E-state index in [1.165, 1.54) is 0 Å². The van der Waals surface area contributed by atoms with Crippen LogP contribution in [0.2, 0.25) is 0 Å². The molecule has 2 amide bonds. The molecule has 0 saturated carbocycles. The number of amides is 2. The monoisotopic (exact) mass is 343 g/mol. The first-order valence-corrected chi connectivity index (χ1v) is 9.19. The van der Waals surface area contributed by atoms with E-state index >= 15 is 0 Å². The van der Waals surface area contributed by atoms with Crippen LogP contribution in [0.5, 0.6) is 0 Å². The molecule has 1 aromatic rings. The summed E-state index contributed by atoms with van der Waals surface area (Å²) in [6, 6.07) is 10.1. The van der Waals surface area contributed by atoms with Crippen molar-refractivity contribution in [2.45, 2.75) is 51.6 Å². The highest BCUT2D eigenvalue weighted by atomic mass is 16.2. The topological polar surface area (TPSA) is 66.6 Å². The largest absolute Gasteiger partial charge is 0.340 e. The molecule has 0 radical (unpaired) electrons. The summed E-state index contributed by atoms with van der Waals surface area (Å²) in [5.41, 5.74) is 6.35. The number of likely N-dealkylation sites (tertiary alicyclic amines) is 2. The van der Waals surface area contributed by atoms with Crippen molar-refractivity contribution in [3.8, 4) is 0 Å². The molecule has 2 heterocycles. The van der Waals surface area contributed by atoms with Gasteiger partial charge in [-0.05, 0) is 38.7 Å². The Bertz CT molecular complexity index is 638. The second kappa shape index (κ2) is 6.79. The fourth-order valence-electron chi connectivity index (χ4n) is 4.17. The summed E-state index contributed by atoms with van der Waals surface area (Å²) in [5.74, 6) is 0.232. The van der Waals surface area contributed by atoms with Crippen LogP contribution in [0.4, 0.5) is 0 Å². The lowest BCUT2D eigenvalue weighted by molar-refractivity contribution is -0.145. The van der Waals surface area contributed by atoms with Gasteiger partial charge in [0, 0.05) is 38.0 Å². The Kier molecular flexibility index (Phi) is 4.87. The zero-order valence-corrected chi connectivity index (χ0v) is 15.3. The molecule has 1 spiro atoms. The summed E-state index contributed by atoms with van der Waals surface area (Å²) in [7, 11) is 0. The number of nitrogens with zero attached hydrogens (tertiary/aromatic N) is 2. The Hall–Kier alpha value is -1.88. The Morgan fingerprint density at radius 3 is 2.60 bits per heavy atom. The first kappa shape index (κ1) is 17.9. The van der Waals surface area contributed by atoms with E-state index in [0.29, 0.717) is 19.5 Å². The molecule has 2 N–H and O–H groups in total. The molecule has 136 valence electrons. The van der Waals surface area contributed by atoms with Gasteiger partial charge in [-0.3, -0.25) is 9.59 Å². The fourth-order valence-corrected chi connectivity index (χ4v) is 4.17. The SMILES string of the molecule is CC(C)(N)C(=O)N1CCC[C@@]2(CCC(=O)N(Cc3ccccc3)C2)C1. The highest BCUT2D eigenvalue weighted by Gasteiger charge is 2.44. The Morgan fingerprint density at radius 2 is 1.92 bits per heavy atom. The van der Waals surface area contributed by atoms with Gasteiger partial charge in [-0.25, -0.2) is 0 Å². The van der Waals surface area contributed by atoms with Gasteiger partial charge in [0.25, 0.3) is 0 Å². The van der Waals surface area contributed by atoms with Crippen LogP contribution in [-0.4, -0.2) is 46.8 Å². The third kappa shape index (κ3) is 4.03. The molecule has 0 aliphatic carbocycles. The van der Waals surface area contributed by atoms with E-state index in [2.05, 4.69) is 12.1 Å².